The van der Waals surface area contributed by atoms with Crippen molar-refractivity contribution < 1.29 is 9.84 Å². The van der Waals surface area contributed by atoms with Crippen LogP contribution in [0.1, 0.15) is 18.5 Å². The van der Waals surface area contributed by atoms with Crippen molar-refractivity contribution in [3.63, 3.8) is 0 Å². The molecule has 0 unspecified atom stereocenters. The zero-order chi connectivity index (χ0) is 12.0. The topological polar surface area (TPSA) is 42.4 Å². The minimum absolute atomic E-state index is 0.162. The van der Waals surface area contributed by atoms with Gasteiger partial charge in [0.2, 0.25) is 0 Å². The lowest BCUT2D eigenvalue weighted by Crippen LogP contribution is -1.98. The standard InChI is InChI=1S/C11H13Cl2NO2/c1-8(16-5-3-2-4-15)11-10(13)6-9(12)7-14-11/h6-7,15H,1-5H2. The fourth-order valence-electron chi connectivity index (χ4n) is 1.10. The average Bonchev–Trinajstić information content (AvgIpc) is 2.24. The maximum absolute atomic E-state index is 8.60. The molecule has 0 saturated carbocycles. The predicted molar refractivity (Wildman–Crippen MR) is 65.6 cm³/mol. The summed E-state index contributed by atoms with van der Waals surface area (Å²) in [6, 6.07) is 1.59. The molecule has 3 nitrogen and oxygen atoms in total. The highest BCUT2D eigenvalue weighted by Crippen LogP contribution is 2.24. The first-order chi connectivity index (χ1) is 7.65. The van der Waals surface area contributed by atoms with Crippen LogP contribution in [0.4, 0.5) is 0 Å². The highest BCUT2D eigenvalue weighted by Gasteiger charge is 2.07. The Labute approximate surface area is 105 Å². The van der Waals surface area contributed by atoms with E-state index in [1.807, 2.05) is 0 Å². The Kier molecular flexibility index (Phi) is 5.60. The first kappa shape index (κ1) is 13.3. The number of hydrogen-bond donors (Lipinski definition) is 1. The monoisotopic (exact) mass is 261 g/mol. The van der Waals surface area contributed by atoms with Crippen LogP contribution in [0.25, 0.3) is 5.76 Å². The fraction of sp³-hybridized carbons (Fsp3) is 0.364. The van der Waals surface area contributed by atoms with Gasteiger partial charge in [0.1, 0.15) is 11.5 Å². The molecule has 5 heteroatoms. The Balaban J connectivity index is 2.53. The van der Waals surface area contributed by atoms with Crippen LogP contribution in [0.15, 0.2) is 18.8 Å². The van der Waals surface area contributed by atoms with Crippen molar-refractivity contribution in [3.05, 3.63) is 34.6 Å². The van der Waals surface area contributed by atoms with Crippen molar-refractivity contribution in [1.82, 2.24) is 4.98 Å². The van der Waals surface area contributed by atoms with E-state index in [9.17, 15) is 0 Å². The number of pyridine rings is 1. The molecule has 0 radical (unpaired) electrons. The number of nitrogens with zero attached hydrogens (tertiary/aromatic N) is 1. The summed E-state index contributed by atoms with van der Waals surface area (Å²) in [7, 11) is 0. The highest BCUT2D eigenvalue weighted by molar-refractivity contribution is 6.35. The number of rotatable bonds is 6. The first-order valence-electron chi connectivity index (χ1n) is 4.89. The molecule has 0 bridgehead atoms. The molecule has 0 fully saturated rings. The Morgan fingerprint density at radius 3 is 2.81 bits per heavy atom. The molecule has 16 heavy (non-hydrogen) atoms. The summed E-state index contributed by atoms with van der Waals surface area (Å²) < 4.78 is 5.36. The maximum atomic E-state index is 8.60. The van der Waals surface area contributed by atoms with Crippen LogP contribution >= 0.6 is 23.2 Å². The van der Waals surface area contributed by atoms with Gasteiger partial charge in [0.15, 0.2) is 0 Å². The largest absolute Gasteiger partial charge is 0.492 e. The number of ether oxygens (including phenoxy) is 1. The molecule has 1 N–H and O–H groups in total. The number of hydrogen-bond acceptors (Lipinski definition) is 3. The van der Waals surface area contributed by atoms with Crippen LogP contribution < -0.4 is 0 Å². The molecule has 0 aliphatic heterocycles. The minimum Gasteiger partial charge on any atom is -0.492 e. The smallest absolute Gasteiger partial charge is 0.139 e. The molecule has 0 saturated heterocycles. The molecule has 1 rings (SSSR count). The first-order valence-corrected chi connectivity index (χ1v) is 5.64. The van der Waals surface area contributed by atoms with Gasteiger partial charge in [-0.3, -0.25) is 0 Å². The molecule has 88 valence electrons. The quantitative estimate of drug-likeness (QED) is 0.632. The van der Waals surface area contributed by atoms with E-state index in [-0.39, 0.29) is 6.61 Å². The molecule has 1 aromatic heterocycles. The van der Waals surface area contributed by atoms with Gasteiger partial charge in [-0.15, -0.1) is 0 Å². The van der Waals surface area contributed by atoms with Crippen LogP contribution in [0, 0.1) is 0 Å². The van der Waals surface area contributed by atoms with E-state index >= 15 is 0 Å². The SMILES string of the molecule is C=C(OCCCCO)c1ncc(Cl)cc1Cl. The van der Waals surface area contributed by atoms with Crippen molar-refractivity contribution in [3.8, 4) is 0 Å². The predicted octanol–water partition coefficient (Wildman–Crippen LogP) is 3.15. The fourth-order valence-corrected chi connectivity index (χ4v) is 1.58. The van der Waals surface area contributed by atoms with Crippen molar-refractivity contribution in [2.75, 3.05) is 13.2 Å². The van der Waals surface area contributed by atoms with Crippen molar-refractivity contribution in [2.45, 2.75) is 12.8 Å². The van der Waals surface area contributed by atoms with Gasteiger partial charge in [0.05, 0.1) is 16.7 Å². The number of aliphatic hydroxyl groups is 1. The third kappa shape index (κ3) is 4.00. The maximum Gasteiger partial charge on any atom is 0.139 e. The third-order valence-corrected chi connectivity index (χ3v) is 2.40. The van der Waals surface area contributed by atoms with Gasteiger partial charge < -0.3 is 9.84 Å². The van der Waals surface area contributed by atoms with Gasteiger partial charge in [-0.1, -0.05) is 29.8 Å². The highest BCUT2D eigenvalue weighted by atomic mass is 35.5. The second kappa shape index (κ2) is 6.74. The summed E-state index contributed by atoms with van der Waals surface area (Å²) in [5, 5.41) is 9.49. The van der Waals surface area contributed by atoms with Crippen LogP contribution in [-0.2, 0) is 4.74 Å². The van der Waals surface area contributed by atoms with Crippen LogP contribution in [0.5, 0.6) is 0 Å². The van der Waals surface area contributed by atoms with Crippen molar-refractivity contribution in [2.24, 2.45) is 0 Å². The summed E-state index contributed by atoms with van der Waals surface area (Å²) in [5.74, 6) is 0.416. The Hall–Kier alpha value is -0.770. The lowest BCUT2D eigenvalue weighted by atomic mass is 10.3. The minimum atomic E-state index is 0.162. The third-order valence-electron chi connectivity index (χ3n) is 1.90. The summed E-state index contributed by atoms with van der Waals surface area (Å²) in [4.78, 5) is 4.04. The van der Waals surface area contributed by atoms with Crippen molar-refractivity contribution in [1.29, 1.82) is 0 Å². The molecule has 1 heterocycles. The van der Waals surface area contributed by atoms with E-state index in [2.05, 4.69) is 11.6 Å². The van der Waals surface area contributed by atoms with Crippen molar-refractivity contribution >= 4 is 29.0 Å². The van der Waals surface area contributed by atoms with Gasteiger partial charge in [0, 0.05) is 12.8 Å². The summed E-state index contributed by atoms with van der Waals surface area (Å²) in [6.07, 6.45) is 2.96. The molecule has 0 aromatic carbocycles. The van der Waals surface area contributed by atoms with Gasteiger partial charge in [-0.05, 0) is 18.9 Å². The van der Waals surface area contributed by atoms with E-state index < -0.39 is 0 Å². The van der Waals surface area contributed by atoms with E-state index in [1.165, 1.54) is 6.20 Å². The molecular weight excluding hydrogens is 249 g/mol. The number of aliphatic hydroxyl groups excluding tert-OH is 1. The van der Waals surface area contributed by atoms with Crippen LogP contribution in [0.2, 0.25) is 10.0 Å². The average molecular weight is 262 g/mol. The Morgan fingerprint density at radius 2 is 2.19 bits per heavy atom. The number of unbranched alkanes of at least 4 members (excludes halogenated alkanes) is 1. The van der Waals surface area contributed by atoms with Gasteiger partial charge in [-0.25, -0.2) is 4.98 Å². The molecule has 0 spiro atoms. The van der Waals surface area contributed by atoms with E-state index in [4.69, 9.17) is 33.0 Å². The van der Waals surface area contributed by atoms with Gasteiger partial charge in [-0.2, -0.15) is 0 Å². The molecular formula is C11H13Cl2NO2. The van der Waals surface area contributed by atoms with Crippen LogP contribution in [-0.4, -0.2) is 23.3 Å². The molecule has 0 atom stereocenters. The second-order valence-electron chi connectivity index (χ2n) is 3.19. The second-order valence-corrected chi connectivity index (χ2v) is 4.03. The van der Waals surface area contributed by atoms with Crippen LogP contribution in [0.3, 0.4) is 0 Å². The normalized spacial score (nSPS) is 10.2. The van der Waals surface area contributed by atoms with E-state index in [1.54, 1.807) is 6.07 Å². The molecule has 0 aliphatic rings. The summed E-state index contributed by atoms with van der Waals surface area (Å²) in [6.45, 7) is 4.39. The molecule has 0 aliphatic carbocycles. The van der Waals surface area contributed by atoms with Gasteiger partial charge >= 0.3 is 0 Å². The zero-order valence-corrected chi connectivity index (χ0v) is 10.3. The van der Waals surface area contributed by atoms with E-state index in [0.717, 1.165) is 6.42 Å². The number of halogens is 2. The molecule has 1 aromatic rings. The Bertz CT molecular complexity index is 369. The van der Waals surface area contributed by atoms with E-state index in [0.29, 0.717) is 34.5 Å². The lowest BCUT2D eigenvalue weighted by molar-refractivity contribution is 0.235. The Morgan fingerprint density at radius 1 is 1.44 bits per heavy atom. The van der Waals surface area contributed by atoms with Gasteiger partial charge in [0.25, 0.3) is 0 Å². The molecule has 0 amide bonds. The lowest BCUT2D eigenvalue weighted by Gasteiger charge is -2.09. The zero-order valence-electron chi connectivity index (χ0n) is 8.75. The summed E-state index contributed by atoms with van der Waals surface area (Å²) in [5.41, 5.74) is 0.495. The summed E-state index contributed by atoms with van der Waals surface area (Å²) >= 11 is 11.7. The number of aromatic nitrogens is 1.